The van der Waals surface area contributed by atoms with E-state index in [0.717, 1.165) is 24.0 Å². The third-order valence-electron chi connectivity index (χ3n) is 6.37. The molecule has 10 nitrogen and oxygen atoms in total. The van der Waals surface area contributed by atoms with Crippen LogP contribution in [0.25, 0.3) is 33.7 Å². The maximum absolute atomic E-state index is 9.55. The molecule has 0 spiro atoms. The summed E-state index contributed by atoms with van der Waals surface area (Å²) in [5.41, 5.74) is 4.21. The van der Waals surface area contributed by atoms with Crippen molar-refractivity contribution in [3.63, 3.8) is 0 Å². The van der Waals surface area contributed by atoms with Gasteiger partial charge in [-0.2, -0.15) is 0 Å². The SMILES string of the molecule is COCOc1cc(-c2ccc(O)cn2)ccc1-c1cc2nnn(C3CC(C)(C)NC(C)(C)C3)c2nn1. The number of fused-ring (bicyclic) bond motifs is 1. The van der Waals surface area contributed by atoms with E-state index in [1.807, 2.05) is 28.9 Å². The fraction of sp³-hybridized carbons (Fsp3) is 0.423. The number of nitrogens with zero attached hydrogens (tertiary/aromatic N) is 6. The van der Waals surface area contributed by atoms with E-state index in [0.29, 0.717) is 28.3 Å². The second-order valence-electron chi connectivity index (χ2n) is 10.6. The molecule has 10 heteroatoms. The fourth-order valence-corrected chi connectivity index (χ4v) is 5.26. The quantitative estimate of drug-likeness (QED) is 0.385. The summed E-state index contributed by atoms with van der Waals surface area (Å²) >= 11 is 0. The van der Waals surface area contributed by atoms with E-state index >= 15 is 0 Å². The first-order valence-electron chi connectivity index (χ1n) is 11.9. The first-order chi connectivity index (χ1) is 17.1. The van der Waals surface area contributed by atoms with Crippen LogP contribution < -0.4 is 10.1 Å². The van der Waals surface area contributed by atoms with E-state index in [-0.39, 0.29) is 29.7 Å². The van der Waals surface area contributed by atoms with Gasteiger partial charge in [0.05, 0.1) is 23.6 Å². The van der Waals surface area contributed by atoms with Crippen LogP contribution in [0.3, 0.4) is 0 Å². The highest BCUT2D eigenvalue weighted by Crippen LogP contribution is 2.37. The predicted molar refractivity (Wildman–Crippen MR) is 136 cm³/mol. The number of pyridine rings is 1. The Bertz CT molecular complexity index is 1370. The Hall–Kier alpha value is -3.63. The fourth-order valence-electron chi connectivity index (χ4n) is 5.26. The van der Waals surface area contributed by atoms with Crippen molar-refractivity contribution in [3.8, 4) is 34.0 Å². The van der Waals surface area contributed by atoms with Crippen molar-refractivity contribution in [2.45, 2.75) is 57.7 Å². The molecule has 1 aromatic carbocycles. The van der Waals surface area contributed by atoms with Crippen LogP contribution in [0.2, 0.25) is 0 Å². The number of aromatic nitrogens is 6. The molecular formula is C26H31N7O3. The second kappa shape index (κ2) is 9.11. The highest BCUT2D eigenvalue weighted by atomic mass is 16.7. The molecular weight excluding hydrogens is 458 g/mol. The molecule has 0 bridgehead atoms. The van der Waals surface area contributed by atoms with Crippen LogP contribution in [-0.4, -0.2) is 60.3 Å². The van der Waals surface area contributed by atoms with E-state index in [9.17, 15) is 5.11 Å². The van der Waals surface area contributed by atoms with Gasteiger partial charge in [-0.25, -0.2) is 4.68 Å². The molecule has 0 atom stereocenters. The summed E-state index contributed by atoms with van der Waals surface area (Å²) in [5, 5.41) is 31.2. The van der Waals surface area contributed by atoms with Crippen LogP contribution in [0.1, 0.15) is 46.6 Å². The lowest BCUT2D eigenvalue weighted by atomic mass is 9.80. The molecule has 1 aliphatic heterocycles. The van der Waals surface area contributed by atoms with Crippen molar-refractivity contribution in [3.05, 3.63) is 42.6 Å². The van der Waals surface area contributed by atoms with Crippen molar-refractivity contribution in [2.24, 2.45) is 0 Å². The number of benzene rings is 1. The van der Waals surface area contributed by atoms with Crippen molar-refractivity contribution < 1.29 is 14.6 Å². The van der Waals surface area contributed by atoms with Crippen LogP contribution in [0.15, 0.2) is 42.6 Å². The first kappa shape index (κ1) is 24.1. The number of piperidine rings is 1. The Morgan fingerprint density at radius 2 is 1.78 bits per heavy atom. The highest BCUT2D eigenvalue weighted by Gasteiger charge is 2.39. The van der Waals surface area contributed by atoms with Gasteiger partial charge in [0, 0.05) is 29.3 Å². The summed E-state index contributed by atoms with van der Waals surface area (Å²) in [6.45, 7) is 8.92. The molecule has 4 heterocycles. The molecule has 3 aromatic heterocycles. The Morgan fingerprint density at radius 1 is 1.00 bits per heavy atom. The Balaban J connectivity index is 1.50. The van der Waals surface area contributed by atoms with Gasteiger partial charge in [-0.05, 0) is 70.9 Å². The van der Waals surface area contributed by atoms with Gasteiger partial charge in [-0.15, -0.1) is 15.3 Å². The summed E-state index contributed by atoms with van der Waals surface area (Å²) in [5.74, 6) is 0.687. The maximum atomic E-state index is 9.55. The van der Waals surface area contributed by atoms with Gasteiger partial charge in [0.25, 0.3) is 0 Å². The smallest absolute Gasteiger partial charge is 0.201 e. The van der Waals surface area contributed by atoms with Crippen molar-refractivity contribution >= 4 is 11.2 Å². The summed E-state index contributed by atoms with van der Waals surface area (Å²) in [7, 11) is 1.57. The summed E-state index contributed by atoms with van der Waals surface area (Å²) in [6, 6.07) is 11.1. The minimum atomic E-state index is -0.0280. The van der Waals surface area contributed by atoms with E-state index < -0.39 is 0 Å². The minimum absolute atomic E-state index is 0.0280. The zero-order valence-electron chi connectivity index (χ0n) is 21.2. The van der Waals surface area contributed by atoms with Crippen molar-refractivity contribution in [1.82, 2.24) is 35.5 Å². The largest absolute Gasteiger partial charge is 0.506 e. The summed E-state index contributed by atoms with van der Waals surface area (Å²) in [4.78, 5) is 4.29. The zero-order valence-corrected chi connectivity index (χ0v) is 21.2. The number of aromatic hydroxyl groups is 1. The van der Waals surface area contributed by atoms with E-state index in [1.54, 1.807) is 19.2 Å². The molecule has 0 unspecified atom stereocenters. The molecule has 0 saturated carbocycles. The number of hydrogen-bond acceptors (Lipinski definition) is 9. The van der Waals surface area contributed by atoms with Gasteiger partial charge >= 0.3 is 0 Å². The van der Waals surface area contributed by atoms with Gasteiger partial charge < -0.3 is 19.9 Å². The molecule has 4 aromatic rings. The second-order valence-corrected chi connectivity index (χ2v) is 10.6. The summed E-state index contributed by atoms with van der Waals surface area (Å²) < 4.78 is 12.9. The molecule has 0 amide bonds. The van der Waals surface area contributed by atoms with Crippen molar-refractivity contribution in [1.29, 1.82) is 0 Å². The molecule has 2 N–H and O–H groups in total. The van der Waals surface area contributed by atoms with Crippen molar-refractivity contribution in [2.75, 3.05) is 13.9 Å². The molecule has 188 valence electrons. The van der Waals surface area contributed by atoms with E-state index in [1.165, 1.54) is 6.20 Å². The molecule has 0 aliphatic carbocycles. The van der Waals surface area contributed by atoms with Gasteiger partial charge in [0.1, 0.15) is 17.0 Å². The summed E-state index contributed by atoms with van der Waals surface area (Å²) in [6.07, 6.45) is 3.24. The number of rotatable bonds is 6. The average molecular weight is 490 g/mol. The average Bonchev–Trinajstić information content (AvgIpc) is 3.24. The molecule has 1 aliphatic rings. The molecule has 36 heavy (non-hydrogen) atoms. The first-order valence-corrected chi connectivity index (χ1v) is 11.9. The standard InChI is InChI=1S/C26H31N7O3/c1-25(2)12-17(13-26(3,4)31-25)33-24-22(29-32-33)11-21(28-30-24)19-8-6-16(10-23(19)36-15-35-5)20-9-7-18(34)14-27-20/h6-11,14,17,31,34H,12-13,15H2,1-5H3. The van der Waals surface area contributed by atoms with Crippen LogP contribution in [0.5, 0.6) is 11.5 Å². The van der Waals surface area contributed by atoms with E-state index in [2.05, 4.69) is 58.5 Å². The molecule has 5 rings (SSSR count). The number of hydrogen-bond donors (Lipinski definition) is 2. The molecule has 1 saturated heterocycles. The van der Waals surface area contributed by atoms with Gasteiger partial charge in [-0.1, -0.05) is 11.3 Å². The van der Waals surface area contributed by atoms with Crippen LogP contribution >= 0.6 is 0 Å². The monoisotopic (exact) mass is 489 g/mol. The highest BCUT2D eigenvalue weighted by molar-refractivity contribution is 5.79. The number of ether oxygens (including phenoxy) is 2. The molecule has 1 fully saturated rings. The topological polar surface area (TPSA) is 120 Å². The maximum Gasteiger partial charge on any atom is 0.201 e. The predicted octanol–water partition coefficient (Wildman–Crippen LogP) is 4.12. The van der Waals surface area contributed by atoms with Gasteiger partial charge in [-0.3, -0.25) is 4.98 Å². The number of methoxy groups -OCH3 is 1. The van der Waals surface area contributed by atoms with Crippen LogP contribution in [-0.2, 0) is 4.74 Å². The van der Waals surface area contributed by atoms with Gasteiger partial charge in [0.2, 0.25) is 5.65 Å². The lowest BCUT2D eigenvalue weighted by Crippen LogP contribution is -2.58. The minimum Gasteiger partial charge on any atom is -0.506 e. The third kappa shape index (κ3) is 4.87. The molecule has 0 radical (unpaired) electrons. The Kier molecular flexibility index (Phi) is 6.09. The van der Waals surface area contributed by atoms with Crippen LogP contribution in [0, 0.1) is 0 Å². The van der Waals surface area contributed by atoms with Gasteiger partial charge in [0.15, 0.2) is 6.79 Å². The van der Waals surface area contributed by atoms with Crippen LogP contribution in [0.4, 0.5) is 0 Å². The third-order valence-corrected chi connectivity index (χ3v) is 6.37. The number of nitrogens with one attached hydrogen (secondary N) is 1. The Morgan fingerprint density at radius 3 is 2.47 bits per heavy atom. The zero-order chi connectivity index (χ0) is 25.5. The Labute approximate surface area is 209 Å². The normalized spacial score (nSPS) is 17.4. The van der Waals surface area contributed by atoms with E-state index in [4.69, 9.17) is 9.47 Å². The lowest BCUT2D eigenvalue weighted by Gasteiger charge is -2.46. The lowest BCUT2D eigenvalue weighted by molar-refractivity contribution is 0.0515.